The van der Waals surface area contributed by atoms with Crippen LogP contribution in [0.3, 0.4) is 0 Å². The topological polar surface area (TPSA) is 44.1 Å². The minimum absolute atomic E-state index is 0.168. The zero-order valence-electron chi connectivity index (χ0n) is 18.0. The molecule has 32 heavy (non-hydrogen) atoms. The summed E-state index contributed by atoms with van der Waals surface area (Å²) in [5, 5.41) is 1.48. The van der Waals surface area contributed by atoms with Crippen molar-refractivity contribution < 1.29 is 4.74 Å². The lowest BCUT2D eigenvalue weighted by Crippen LogP contribution is -2.24. The van der Waals surface area contributed by atoms with E-state index in [0.29, 0.717) is 28.9 Å². The highest BCUT2D eigenvalue weighted by Crippen LogP contribution is 2.30. The van der Waals surface area contributed by atoms with Crippen molar-refractivity contribution in [2.45, 2.75) is 26.3 Å². The maximum absolute atomic E-state index is 13.1. The third kappa shape index (κ3) is 4.54. The number of hydrogen-bond donors (Lipinski definition) is 0. The predicted molar refractivity (Wildman–Crippen MR) is 130 cm³/mol. The molecule has 0 saturated carbocycles. The fourth-order valence-corrected chi connectivity index (χ4v) is 3.77. The lowest BCUT2D eigenvalue weighted by molar-refractivity contribution is 0.371. The van der Waals surface area contributed by atoms with Crippen molar-refractivity contribution >= 4 is 22.5 Å². The highest BCUT2D eigenvalue weighted by molar-refractivity contribution is 6.30. The van der Waals surface area contributed by atoms with Gasteiger partial charge in [-0.05, 0) is 47.4 Å². The number of hydrogen-bond acceptors (Lipinski definition) is 3. The minimum atomic E-state index is -0.312. The van der Waals surface area contributed by atoms with Crippen LogP contribution < -0.4 is 10.4 Å². The van der Waals surface area contributed by atoms with E-state index in [1.54, 1.807) is 4.57 Å². The first-order valence-electron chi connectivity index (χ1n) is 10.4. The van der Waals surface area contributed by atoms with Gasteiger partial charge < -0.3 is 4.74 Å². The molecule has 0 fully saturated rings. The molecule has 5 heteroatoms. The van der Waals surface area contributed by atoms with Gasteiger partial charge in [-0.15, -0.1) is 6.42 Å². The van der Waals surface area contributed by atoms with Gasteiger partial charge in [-0.1, -0.05) is 67.8 Å². The van der Waals surface area contributed by atoms with E-state index < -0.39 is 0 Å². The number of fused-ring (bicyclic) bond motifs is 1. The van der Waals surface area contributed by atoms with Gasteiger partial charge >= 0.3 is 5.69 Å². The molecule has 0 bridgehead atoms. The van der Waals surface area contributed by atoms with Gasteiger partial charge in [0.05, 0.1) is 17.8 Å². The summed E-state index contributed by atoms with van der Waals surface area (Å²) < 4.78 is 7.30. The summed E-state index contributed by atoms with van der Waals surface area (Å²) in [5.41, 5.74) is 4.15. The number of nitrogens with zero attached hydrogens (tertiary/aromatic N) is 2. The Hall–Kier alpha value is -3.55. The van der Waals surface area contributed by atoms with E-state index in [2.05, 4.69) is 36.9 Å². The molecule has 160 valence electrons. The van der Waals surface area contributed by atoms with E-state index in [4.69, 9.17) is 22.8 Å². The number of terminal acetylenes is 1. The zero-order chi connectivity index (χ0) is 22.7. The lowest BCUT2D eigenvalue weighted by Gasteiger charge is -2.15. The fraction of sp³-hybridized carbons (Fsp3) is 0.185. The first kappa shape index (κ1) is 21.7. The molecular formula is C27H23ClN2O2. The smallest absolute Gasteiger partial charge is 0.348 e. The molecular weight excluding hydrogens is 420 g/mol. The molecule has 0 radical (unpaired) electrons. The van der Waals surface area contributed by atoms with Gasteiger partial charge in [0.25, 0.3) is 0 Å². The van der Waals surface area contributed by atoms with Crippen molar-refractivity contribution in [1.29, 1.82) is 0 Å². The molecule has 0 spiro atoms. The van der Waals surface area contributed by atoms with E-state index in [-0.39, 0.29) is 12.3 Å². The lowest BCUT2D eigenvalue weighted by atomic mass is 9.99. The van der Waals surface area contributed by atoms with Crippen LogP contribution in [-0.2, 0) is 6.54 Å². The number of benzene rings is 3. The monoisotopic (exact) mass is 442 g/mol. The molecule has 3 aromatic carbocycles. The highest BCUT2D eigenvalue weighted by Gasteiger charge is 2.14. The first-order chi connectivity index (χ1) is 15.5. The van der Waals surface area contributed by atoms with Crippen molar-refractivity contribution in [3.63, 3.8) is 0 Å². The fourth-order valence-electron chi connectivity index (χ4n) is 3.65. The molecule has 0 saturated heterocycles. The van der Waals surface area contributed by atoms with Crippen LogP contribution in [0.4, 0.5) is 0 Å². The van der Waals surface area contributed by atoms with Gasteiger partial charge in [-0.25, -0.2) is 4.79 Å². The third-order valence-electron chi connectivity index (χ3n) is 5.38. The van der Waals surface area contributed by atoms with E-state index in [0.717, 1.165) is 22.0 Å². The summed E-state index contributed by atoms with van der Waals surface area (Å²) in [5.74, 6) is 3.54. The quantitative estimate of drug-likeness (QED) is 0.349. The molecule has 1 heterocycles. The normalized spacial score (nSPS) is 11.0. The van der Waals surface area contributed by atoms with Crippen molar-refractivity contribution in [2.75, 3.05) is 6.61 Å². The number of halogens is 1. The second-order valence-electron chi connectivity index (χ2n) is 7.90. The van der Waals surface area contributed by atoms with Crippen LogP contribution in [0, 0.1) is 12.3 Å². The third-order valence-corrected chi connectivity index (χ3v) is 5.63. The summed E-state index contributed by atoms with van der Waals surface area (Å²) in [7, 11) is 0. The largest absolute Gasteiger partial charge is 0.481 e. The van der Waals surface area contributed by atoms with Crippen LogP contribution in [0.1, 0.15) is 30.9 Å². The molecule has 0 aliphatic heterocycles. The average molecular weight is 443 g/mol. The Balaban J connectivity index is 1.88. The van der Waals surface area contributed by atoms with Crippen LogP contribution in [0.5, 0.6) is 5.75 Å². The second kappa shape index (κ2) is 9.30. The van der Waals surface area contributed by atoms with Crippen LogP contribution >= 0.6 is 11.6 Å². The molecule has 4 aromatic rings. The second-order valence-corrected chi connectivity index (χ2v) is 8.34. The van der Waals surface area contributed by atoms with Gasteiger partial charge in [0.15, 0.2) is 0 Å². The van der Waals surface area contributed by atoms with E-state index in [9.17, 15) is 4.79 Å². The predicted octanol–water partition coefficient (Wildman–Crippen LogP) is 5.90. The molecule has 0 atom stereocenters. The maximum atomic E-state index is 13.1. The molecule has 0 unspecified atom stereocenters. The van der Waals surface area contributed by atoms with Gasteiger partial charge in [0.2, 0.25) is 0 Å². The zero-order valence-corrected chi connectivity index (χ0v) is 18.8. The molecule has 4 rings (SSSR count). The van der Waals surface area contributed by atoms with Crippen LogP contribution in [0.2, 0.25) is 5.02 Å². The van der Waals surface area contributed by atoms with Gasteiger partial charge in [0, 0.05) is 16.0 Å². The molecule has 0 amide bonds. The van der Waals surface area contributed by atoms with Crippen molar-refractivity contribution in [1.82, 2.24) is 9.55 Å². The Morgan fingerprint density at radius 2 is 1.78 bits per heavy atom. The van der Waals surface area contributed by atoms with E-state index in [1.807, 2.05) is 54.6 Å². The van der Waals surface area contributed by atoms with E-state index in [1.165, 1.54) is 5.56 Å². The highest BCUT2D eigenvalue weighted by atomic mass is 35.5. The average Bonchev–Trinajstić information content (AvgIpc) is 2.80. The molecule has 0 N–H and O–H groups in total. The SMILES string of the molecule is C#CCOc1ccc2c(c1)c(-c1ccc(C(C)C)cc1)nc(=O)n2Cc1ccc(Cl)cc1. The Labute approximate surface area is 192 Å². The van der Waals surface area contributed by atoms with Crippen LogP contribution in [-0.4, -0.2) is 16.2 Å². The Morgan fingerprint density at radius 1 is 1.06 bits per heavy atom. The summed E-state index contributed by atoms with van der Waals surface area (Å²) in [6.07, 6.45) is 5.35. The van der Waals surface area contributed by atoms with Crippen molar-refractivity contribution in [3.8, 4) is 29.4 Å². The van der Waals surface area contributed by atoms with Gasteiger partial charge in [-0.2, -0.15) is 4.98 Å². The Morgan fingerprint density at radius 3 is 2.44 bits per heavy atom. The Kier molecular flexibility index (Phi) is 6.30. The van der Waals surface area contributed by atoms with Gasteiger partial charge in [-0.3, -0.25) is 4.57 Å². The van der Waals surface area contributed by atoms with Crippen molar-refractivity contribution in [2.24, 2.45) is 0 Å². The molecule has 1 aromatic heterocycles. The van der Waals surface area contributed by atoms with Gasteiger partial charge in [0.1, 0.15) is 12.4 Å². The number of rotatable bonds is 6. The maximum Gasteiger partial charge on any atom is 0.348 e. The summed E-state index contributed by atoms with van der Waals surface area (Å²) in [6, 6.07) is 21.2. The minimum Gasteiger partial charge on any atom is -0.481 e. The summed E-state index contributed by atoms with van der Waals surface area (Å²) in [4.78, 5) is 17.6. The summed E-state index contributed by atoms with van der Waals surface area (Å²) >= 11 is 6.01. The summed E-state index contributed by atoms with van der Waals surface area (Å²) in [6.45, 7) is 4.85. The van der Waals surface area contributed by atoms with Crippen molar-refractivity contribution in [3.05, 3.63) is 93.4 Å². The molecule has 0 aliphatic rings. The van der Waals surface area contributed by atoms with E-state index >= 15 is 0 Å². The standard InChI is InChI=1S/C27H23ClN2O2/c1-4-15-32-23-13-14-25-24(16-23)26(21-9-7-20(8-10-21)18(2)3)29-27(31)30(25)17-19-5-11-22(28)12-6-19/h1,5-14,16,18H,15,17H2,2-3H3. The first-order valence-corrected chi connectivity index (χ1v) is 10.8. The van der Waals surface area contributed by atoms with Crippen LogP contribution in [0.25, 0.3) is 22.2 Å². The van der Waals surface area contributed by atoms with Crippen LogP contribution in [0.15, 0.2) is 71.5 Å². The number of ether oxygens (including phenoxy) is 1. The number of aromatic nitrogens is 2. The molecule has 0 aliphatic carbocycles. The molecule has 4 nitrogen and oxygen atoms in total. The Bertz CT molecular complexity index is 1350.